The quantitative estimate of drug-likeness (QED) is 0.814. The van der Waals surface area contributed by atoms with Crippen LogP contribution in [-0.2, 0) is 0 Å². The third-order valence-corrected chi connectivity index (χ3v) is 2.55. The standard InChI is InChI=1S/C9H9BrN2O2/c1-6(5-11)12(2)9(13)7-3-4-14-8(7)10/h3-4,6H,1-2H3. The molecule has 5 heteroatoms. The summed E-state index contributed by atoms with van der Waals surface area (Å²) < 4.78 is 5.32. The molecule has 1 heterocycles. The highest BCUT2D eigenvalue weighted by atomic mass is 79.9. The molecule has 1 unspecified atom stereocenters. The summed E-state index contributed by atoms with van der Waals surface area (Å²) in [5.74, 6) is -0.236. The van der Waals surface area contributed by atoms with Crippen LogP contribution in [0.3, 0.4) is 0 Å². The molecular formula is C9H9BrN2O2. The second-order valence-electron chi connectivity index (χ2n) is 2.83. The number of rotatable bonds is 2. The van der Waals surface area contributed by atoms with Crippen molar-refractivity contribution in [3.63, 3.8) is 0 Å². The van der Waals surface area contributed by atoms with Crippen molar-refractivity contribution >= 4 is 21.8 Å². The number of hydrogen-bond acceptors (Lipinski definition) is 3. The summed E-state index contributed by atoms with van der Waals surface area (Å²) >= 11 is 3.11. The van der Waals surface area contributed by atoms with Crippen molar-refractivity contribution in [1.29, 1.82) is 5.26 Å². The van der Waals surface area contributed by atoms with E-state index in [2.05, 4.69) is 15.9 Å². The molecule has 0 saturated carbocycles. The van der Waals surface area contributed by atoms with Gasteiger partial charge in [0.05, 0.1) is 17.9 Å². The van der Waals surface area contributed by atoms with Crippen molar-refractivity contribution in [3.05, 3.63) is 22.6 Å². The average Bonchev–Trinajstić information content (AvgIpc) is 2.61. The number of hydrogen-bond donors (Lipinski definition) is 0. The maximum Gasteiger partial charge on any atom is 0.259 e. The molecule has 0 aromatic carbocycles. The highest BCUT2D eigenvalue weighted by molar-refractivity contribution is 9.10. The van der Waals surface area contributed by atoms with Crippen LogP contribution >= 0.6 is 15.9 Å². The number of halogens is 1. The van der Waals surface area contributed by atoms with Crippen molar-refractivity contribution in [2.45, 2.75) is 13.0 Å². The molecule has 1 aromatic heterocycles. The third-order valence-electron chi connectivity index (χ3n) is 1.94. The molecule has 0 N–H and O–H groups in total. The fraction of sp³-hybridized carbons (Fsp3) is 0.333. The Bertz CT molecular complexity index is 380. The molecule has 0 fully saturated rings. The van der Waals surface area contributed by atoms with E-state index >= 15 is 0 Å². The molecule has 0 aliphatic rings. The minimum absolute atomic E-state index is 0.236. The van der Waals surface area contributed by atoms with Crippen LogP contribution in [0, 0.1) is 11.3 Å². The first kappa shape index (κ1) is 10.8. The second kappa shape index (κ2) is 4.29. The van der Waals surface area contributed by atoms with Gasteiger partial charge in [0, 0.05) is 7.05 Å². The van der Waals surface area contributed by atoms with Gasteiger partial charge in [-0.15, -0.1) is 0 Å². The third kappa shape index (κ3) is 1.96. The number of nitrogens with zero attached hydrogens (tertiary/aromatic N) is 2. The van der Waals surface area contributed by atoms with Crippen molar-refractivity contribution < 1.29 is 9.21 Å². The molecule has 1 rings (SSSR count). The Hall–Kier alpha value is -1.28. The van der Waals surface area contributed by atoms with Gasteiger partial charge >= 0.3 is 0 Å². The van der Waals surface area contributed by atoms with Gasteiger partial charge in [0.2, 0.25) is 0 Å². The number of furan rings is 1. The molecule has 14 heavy (non-hydrogen) atoms. The molecule has 1 amide bonds. The molecule has 0 saturated heterocycles. The fourth-order valence-electron chi connectivity index (χ4n) is 0.899. The van der Waals surface area contributed by atoms with E-state index in [1.54, 1.807) is 20.0 Å². The largest absolute Gasteiger partial charge is 0.457 e. The van der Waals surface area contributed by atoms with Crippen LogP contribution in [0.25, 0.3) is 0 Å². The lowest BCUT2D eigenvalue weighted by molar-refractivity contribution is 0.0771. The Morgan fingerprint density at radius 2 is 2.43 bits per heavy atom. The predicted molar refractivity (Wildman–Crippen MR) is 53.6 cm³/mol. The molecule has 0 aliphatic carbocycles. The lowest BCUT2D eigenvalue weighted by atomic mass is 10.2. The van der Waals surface area contributed by atoms with Crippen molar-refractivity contribution in [1.82, 2.24) is 4.90 Å². The maximum absolute atomic E-state index is 11.7. The molecular weight excluding hydrogens is 248 g/mol. The van der Waals surface area contributed by atoms with Gasteiger partial charge in [-0.2, -0.15) is 5.26 Å². The van der Waals surface area contributed by atoms with Gasteiger partial charge in [0.15, 0.2) is 4.67 Å². The number of nitriles is 1. The normalized spacial score (nSPS) is 11.9. The van der Waals surface area contributed by atoms with Crippen LogP contribution in [-0.4, -0.2) is 23.9 Å². The van der Waals surface area contributed by atoms with Crippen molar-refractivity contribution in [3.8, 4) is 6.07 Å². The van der Waals surface area contributed by atoms with E-state index < -0.39 is 6.04 Å². The second-order valence-corrected chi connectivity index (χ2v) is 3.55. The number of amides is 1. The Balaban J connectivity index is 2.87. The zero-order valence-corrected chi connectivity index (χ0v) is 9.41. The topological polar surface area (TPSA) is 57.2 Å². The highest BCUT2D eigenvalue weighted by Gasteiger charge is 2.20. The minimum atomic E-state index is -0.454. The highest BCUT2D eigenvalue weighted by Crippen LogP contribution is 2.19. The van der Waals surface area contributed by atoms with E-state index in [0.717, 1.165) is 0 Å². The molecule has 0 spiro atoms. The summed E-state index contributed by atoms with van der Waals surface area (Å²) in [6, 6.07) is 3.09. The summed E-state index contributed by atoms with van der Waals surface area (Å²) in [7, 11) is 1.58. The van der Waals surface area contributed by atoms with Crippen molar-refractivity contribution in [2.75, 3.05) is 7.05 Å². The molecule has 4 nitrogen and oxygen atoms in total. The molecule has 74 valence electrons. The molecule has 0 aliphatic heterocycles. The molecule has 1 atom stereocenters. The van der Waals surface area contributed by atoms with E-state index in [0.29, 0.717) is 10.2 Å². The van der Waals surface area contributed by atoms with Crippen molar-refractivity contribution in [2.24, 2.45) is 0 Å². The lowest BCUT2D eigenvalue weighted by Crippen LogP contribution is -2.33. The summed E-state index contributed by atoms with van der Waals surface area (Å²) in [5, 5.41) is 8.64. The van der Waals surface area contributed by atoms with E-state index in [9.17, 15) is 4.79 Å². The fourth-order valence-corrected chi connectivity index (χ4v) is 1.31. The minimum Gasteiger partial charge on any atom is -0.457 e. The van der Waals surface area contributed by atoms with E-state index in [-0.39, 0.29) is 5.91 Å². The van der Waals surface area contributed by atoms with Gasteiger partial charge in [-0.3, -0.25) is 4.79 Å². The lowest BCUT2D eigenvalue weighted by Gasteiger charge is -2.18. The SMILES string of the molecule is CC(C#N)N(C)C(=O)c1ccoc1Br. The first-order chi connectivity index (χ1) is 6.57. The Morgan fingerprint density at radius 3 is 2.86 bits per heavy atom. The Labute approximate surface area is 90.2 Å². The van der Waals surface area contributed by atoms with Gasteiger partial charge in [-0.05, 0) is 28.9 Å². The number of carbonyl (C=O) groups excluding carboxylic acids is 1. The van der Waals surface area contributed by atoms with Gasteiger partial charge in [-0.1, -0.05) is 0 Å². The zero-order chi connectivity index (χ0) is 10.7. The van der Waals surface area contributed by atoms with Crippen LogP contribution in [0.5, 0.6) is 0 Å². The summed E-state index contributed by atoms with van der Waals surface area (Å²) in [6.07, 6.45) is 1.42. The Morgan fingerprint density at radius 1 is 1.79 bits per heavy atom. The van der Waals surface area contributed by atoms with Crippen LogP contribution in [0.15, 0.2) is 21.4 Å². The summed E-state index contributed by atoms with van der Waals surface area (Å²) in [4.78, 5) is 13.1. The van der Waals surface area contributed by atoms with E-state index in [1.165, 1.54) is 11.2 Å². The predicted octanol–water partition coefficient (Wildman–Crippen LogP) is 2.03. The monoisotopic (exact) mass is 256 g/mol. The molecule has 1 aromatic rings. The summed E-state index contributed by atoms with van der Waals surface area (Å²) in [5.41, 5.74) is 0.426. The smallest absolute Gasteiger partial charge is 0.259 e. The van der Waals surface area contributed by atoms with Crippen LogP contribution in [0.2, 0.25) is 0 Å². The van der Waals surface area contributed by atoms with Gasteiger partial charge in [0.25, 0.3) is 5.91 Å². The first-order valence-electron chi connectivity index (χ1n) is 3.97. The van der Waals surface area contributed by atoms with E-state index in [1.807, 2.05) is 6.07 Å². The first-order valence-corrected chi connectivity index (χ1v) is 4.77. The van der Waals surface area contributed by atoms with Gasteiger partial charge < -0.3 is 9.32 Å². The van der Waals surface area contributed by atoms with Gasteiger partial charge in [-0.25, -0.2) is 0 Å². The summed E-state index contributed by atoms with van der Waals surface area (Å²) in [6.45, 7) is 1.66. The van der Waals surface area contributed by atoms with Crippen LogP contribution < -0.4 is 0 Å². The Kier molecular flexibility index (Phi) is 3.31. The average molecular weight is 257 g/mol. The zero-order valence-electron chi connectivity index (χ0n) is 7.82. The van der Waals surface area contributed by atoms with Crippen LogP contribution in [0.1, 0.15) is 17.3 Å². The van der Waals surface area contributed by atoms with E-state index in [4.69, 9.17) is 9.68 Å². The maximum atomic E-state index is 11.7. The van der Waals surface area contributed by atoms with Crippen LogP contribution in [0.4, 0.5) is 0 Å². The molecule has 0 radical (unpaired) electrons. The molecule has 0 bridgehead atoms. The van der Waals surface area contributed by atoms with Gasteiger partial charge in [0.1, 0.15) is 6.04 Å². The number of carbonyl (C=O) groups is 1.